The maximum Gasteiger partial charge on any atom is 0.345 e. The predicted octanol–water partition coefficient (Wildman–Crippen LogP) is 3.51. The zero-order valence-corrected chi connectivity index (χ0v) is 13.0. The van der Waals surface area contributed by atoms with Gasteiger partial charge in [0.2, 0.25) is 0 Å². The zero-order valence-electron chi connectivity index (χ0n) is 11.4. The Balaban J connectivity index is 2.09. The van der Waals surface area contributed by atoms with E-state index in [9.17, 15) is 9.00 Å². The highest BCUT2D eigenvalue weighted by atomic mass is 32.2. The molecule has 0 radical (unpaired) electrons. The molecule has 1 aromatic carbocycles. The van der Waals surface area contributed by atoms with Crippen LogP contribution in [0, 0.1) is 13.8 Å². The Morgan fingerprint density at radius 3 is 2.45 bits per heavy atom. The van der Waals surface area contributed by atoms with Crippen molar-refractivity contribution in [1.82, 2.24) is 0 Å². The minimum atomic E-state index is -1.03. The van der Waals surface area contributed by atoms with E-state index in [2.05, 4.69) is 0 Å². The molecular weight excluding hydrogens is 292 g/mol. The fourth-order valence-electron chi connectivity index (χ4n) is 1.94. The average Bonchev–Trinajstić information content (AvgIpc) is 2.74. The van der Waals surface area contributed by atoms with E-state index in [0.717, 1.165) is 21.6 Å². The van der Waals surface area contributed by atoms with Gasteiger partial charge in [-0.3, -0.25) is 4.21 Å². The lowest BCUT2D eigenvalue weighted by Crippen LogP contribution is -2.01. The summed E-state index contributed by atoms with van der Waals surface area (Å²) in [6.45, 7) is 3.88. The number of aromatic carboxylic acids is 1. The van der Waals surface area contributed by atoms with Crippen LogP contribution in [0.15, 0.2) is 30.3 Å². The summed E-state index contributed by atoms with van der Waals surface area (Å²) >= 11 is 1.24. The molecule has 106 valence electrons. The molecule has 0 spiro atoms. The molecule has 3 nitrogen and oxygen atoms in total. The zero-order chi connectivity index (χ0) is 14.7. The number of carboxylic acids is 1. The van der Waals surface area contributed by atoms with E-state index >= 15 is 0 Å². The number of hydrogen-bond acceptors (Lipinski definition) is 3. The summed E-state index contributed by atoms with van der Waals surface area (Å²) in [6.07, 6.45) is 0. The van der Waals surface area contributed by atoms with Gasteiger partial charge in [-0.05, 0) is 36.6 Å². The second-order valence-corrected chi connectivity index (χ2v) is 7.37. The first-order valence-electron chi connectivity index (χ1n) is 6.19. The highest BCUT2D eigenvalue weighted by Crippen LogP contribution is 2.23. The Bertz CT molecular complexity index is 659. The number of thiophene rings is 1. The van der Waals surface area contributed by atoms with Crippen LogP contribution in [0.25, 0.3) is 0 Å². The van der Waals surface area contributed by atoms with Gasteiger partial charge in [0.05, 0.1) is 0 Å². The third-order valence-electron chi connectivity index (χ3n) is 3.13. The summed E-state index contributed by atoms with van der Waals surface area (Å²) < 4.78 is 12.2. The lowest BCUT2D eigenvalue weighted by Gasteiger charge is -2.05. The predicted molar refractivity (Wildman–Crippen MR) is 82.7 cm³/mol. The van der Waals surface area contributed by atoms with Gasteiger partial charge in [0, 0.05) is 27.2 Å². The van der Waals surface area contributed by atoms with Crippen molar-refractivity contribution in [3.8, 4) is 0 Å². The van der Waals surface area contributed by atoms with Crippen molar-refractivity contribution in [3.63, 3.8) is 0 Å². The summed E-state index contributed by atoms with van der Waals surface area (Å²) in [4.78, 5) is 12.2. The molecule has 0 aliphatic rings. The monoisotopic (exact) mass is 308 g/mol. The average molecular weight is 308 g/mol. The Morgan fingerprint density at radius 1 is 1.20 bits per heavy atom. The van der Waals surface area contributed by atoms with Gasteiger partial charge < -0.3 is 5.11 Å². The van der Waals surface area contributed by atoms with Crippen molar-refractivity contribution in [2.45, 2.75) is 25.4 Å². The maximum atomic E-state index is 12.2. The quantitative estimate of drug-likeness (QED) is 0.919. The van der Waals surface area contributed by atoms with E-state index in [4.69, 9.17) is 5.11 Å². The molecule has 2 rings (SSSR count). The molecule has 1 unspecified atom stereocenters. The van der Waals surface area contributed by atoms with Crippen LogP contribution in [0.2, 0.25) is 0 Å². The Kier molecular flexibility index (Phi) is 4.73. The van der Waals surface area contributed by atoms with Gasteiger partial charge in [0.1, 0.15) is 4.88 Å². The van der Waals surface area contributed by atoms with Gasteiger partial charge in [0.15, 0.2) is 0 Å². The van der Waals surface area contributed by atoms with Crippen LogP contribution in [0.5, 0.6) is 0 Å². The molecule has 0 saturated carbocycles. The molecule has 5 heteroatoms. The van der Waals surface area contributed by atoms with Crippen molar-refractivity contribution in [2.75, 3.05) is 0 Å². The van der Waals surface area contributed by atoms with Gasteiger partial charge in [0.25, 0.3) is 0 Å². The topological polar surface area (TPSA) is 54.4 Å². The number of benzene rings is 1. The molecular formula is C15H16O3S2. The molecule has 0 bridgehead atoms. The van der Waals surface area contributed by atoms with Crippen molar-refractivity contribution in [2.24, 2.45) is 0 Å². The molecule has 0 fully saturated rings. The van der Waals surface area contributed by atoms with Crippen LogP contribution in [0.1, 0.15) is 31.2 Å². The highest BCUT2D eigenvalue weighted by Gasteiger charge is 2.13. The van der Waals surface area contributed by atoms with E-state index < -0.39 is 16.8 Å². The molecule has 0 saturated heterocycles. The van der Waals surface area contributed by atoms with Gasteiger partial charge in [-0.2, -0.15) is 0 Å². The first-order chi connectivity index (χ1) is 9.47. The summed E-state index contributed by atoms with van der Waals surface area (Å²) in [5, 5.41) is 8.96. The number of carboxylic acid groups (broad SMARTS) is 1. The Hall–Kier alpha value is -1.46. The van der Waals surface area contributed by atoms with E-state index in [-0.39, 0.29) is 0 Å². The summed E-state index contributed by atoms with van der Waals surface area (Å²) in [5.41, 5.74) is 3.09. The number of carbonyl (C=O) groups is 1. The van der Waals surface area contributed by atoms with Crippen LogP contribution in [-0.2, 0) is 22.3 Å². The molecule has 0 aliphatic heterocycles. The minimum absolute atomic E-state index is 0.311. The smallest absolute Gasteiger partial charge is 0.345 e. The van der Waals surface area contributed by atoms with Crippen molar-refractivity contribution in [3.05, 3.63) is 56.8 Å². The highest BCUT2D eigenvalue weighted by molar-refractivity contribution is 7.83. The van der Waals surface area contributed by atoms with Gasteiger partial charge >= 0.3 is 5.97 Å². The van der Waals surface area contributed by atoms with E-state index in [0.29, 0.717) is 16.4 Å². The van der Waals surface area contributed by atoms with Crippen LogP contribution < -0.4 is 0 Å². The molecule has 1 atom stereocenters. The Labute approximate surface area is 124 Å². The largest absolute Gasteiger partial charge is 0.477 e. The lowest BCUT2D eigenvalue weighted by molar-refractivity contribution is 0.0702. The summed E-state index contributed by atoms with van der Waals surface area (Å²) in [7, 11) is -1.03. The van der Waals surface area contributed by atoms with Crippen molar-refractivity contribution in [1.29, 1.82) is 0 Å². The molecule has 20 heavy (non-hydrogen) atoms. The van der Waals surface area contributed by atoms with E-state index in [1.807, 2.05) is 38.1 Å². The SMILES string of the molecule is Cc1ccccc1CS(=O)Cc1cc(C(=O)O)sc1C. The Morgan fingerprint density at radius 2 is 1.85 bits per heavy atom. The molecule has 1 N–H and O–H groups in total. The van der Waals surface area contributed by atoms with Crippen LogP contribution in [0.4, 0.5) is 0 Å². The fraction of sp³-hybridized carbons (Fsp3) is 0.267. The van der Waals surface area contributed by atoms with Gasteiger partial charge in [-0.15, -0.1) is 11.3 Å². The lowest BCUT2D eigenvalue weighted by atomic mass is 10.1. The molecule has 1 heterocycles. The third kappa shape index (κ3) is 3.55. The molecule has 2 aromatic rings. The second-order valence-electron chi connectivity index (χ2n) is 4.65. The first kappa shape index (κ1) is 14.9. The minimum Gasteiger partial charge on any atom is -0.477 e. The number of aryl methyl sites for hydroxylation is 2. The van der Waals surface area contributed by atoms with Crippen molar-refractivity contribution < 1.29 is 14.1 Å². The summed E-state index contributed by atoms with van der Waals surface area (Å²) in [5.74, 6) is -0.0112. The molecule has 0 aliphatic carbocycles. The van der Waals surface area contributed by atoms with Crippen molar-refractivity contribution >= 4 is 28.1 Å². The normalized spacial score (nSPS) is 12.3. The molecule has 1 aromatic heterocycles. The maximum absolute atomic E-state index is 12.2. The number of rotatable bonds is 5. The second kappa shape index (κ2) is 6.33. The van der Waals surface area contributed by atoms with Crippen LogP contribution >= 0.6 is 11.3 Å². The fourth-order valence-corrected chi connectivity index (χ4v) is 4.33. The summed E-state index contributed by atoms with van der Waals surface area (Å²) in [6, 6.07) is 9.53. The molecule has 0 amide bonds. The van der Waals surface area contributed by atoms with E-state index in [1.54, 1.807) is 6.07 Å². The first-order valence-corrected chi connectivity index (χ1v) is 8.50. The van der Waals surface area contributed by atoms with Crippen LogP contribution in [-0.4, -0.2) is 15.3 Å². The van der Waals surface area contributed by atoms with Gasteiger partial charge in [-0.25, -0.2) is 4.79 Å². The van der Waals surface area contributed by atoms with Gasteiger partial charge in [-0.1, -0.05) is 24.3 Å². The van der Waals surface area contributed by atoms with E-state index in [1.165, 1.54) is 11.3 Å². The number of hydrogen-bond donors (Lipinski definition) is 1. The standard InChI is InChI=1S/C15H16O3S2/c1-10-5-3-4-6-12(10)8-20(18)9-13-7-14(15(16)17)19-11(13)2/h3-7H,8-9H2,1-2H3,(H,16,17). The third-order valence-corrected chi connectivity index (χ3v) is 5.47. The van der Waals surface area contributed by atoms with Crippen LogP contribution in [0.3, 0.4) is 0 Å².